The summed E-state index contributed by atoms with van der Waals surface area (Å²) in [4.78, 5) is 23.1. The van der Waals surface area contributed by atoms with E-state index in [2.05, 4.69) is 5.32 Å². The quantitative estimate of drug-likeness (QED) is 0.882. The number of aryl methyl sites for hydroxylation is 2. The Morgan fingerprint density at radius 1 is 1.12 bits per heavy atom. The monoisotopic (exact) mass is 327 g/mol. The molecule has 1 aliphatic heterocycles. The van der Waals surface area contributed by atoms with Crippen LogP contribution in [-0.2, 0) is 11.2 Å². The number of amides is 1. The number of carbonyl (C=O) groups is 2. The molecule has 1 heterocycles. The molecule has 0 saturated heterocycles. The van der Waals surface area contributed by atoms with Crippen molar-refractivity contribution >= 4 is 17.6 Å². The summed E-state index contributed by atoms with van der Waals surface area (Å²) in [6.45, 7) is 1.93. The fourth-order valence-corrected chi connectivity index (χ4v) is 2.56. The normalized spacial score (nSPS) is 12.0. The Hall–Kier alpha value is -3.02. The van der Waals surface area contributed by atoms with Gasteiger partial charge in [0.1, 0.15) is 0 Å². The summed E-state index contributed by atoms with van der Waals surface area (Å²) in [5, 5.41) is 11.8. The second kappa shape index (κ2) is 6.62. The van der Waals surface area contributed by atoms with Crippen LogP contribution in [0.1, 0.15) is 27.9 Å². The summed E-state index contributed by atoms with van der Waals surface area (Å²) in [7, 11) is 0. The van der Waals surface area contributed by atoms with Crippen LogP contribution in [0.15, 0.2) is 36.4 Å². The number of rotatable bonds is 5. The Kier molecular flexibility index (Phi) is 4.37. The molecule has 0 unspecified atom stereocenters. The molecule has 0 aliphatic carbocycles. The first-order valence-electron chi connectivity index (χ1n) is 7.55. The van der Waals surface area contributed by atoms with Crippen LogP contribution in [0.3, 0.4) is 0 Å². The Balaban J connectivity index is 1.58. The first kappa shape index (κ1) is 15.9. The fraction of sp³-hybridized carbons (Fsp3) is 0.222. The van der Waals surface area contributed by atoms with Gasteiger partial charge in [0.15, 0.2) is 11.5 Å². The highest BCUT2D eigenvalue weighted by molar-refractivity contribution is 5.93. The van der Waals surface area contributed by atoms with Gasteiger partial charge in [-0.15, -0.1) is 0 Å². The maximum absolute atomic E-state index is 12.1. The van der Waals surface area contributed by atoms with E-state index in [1.807, 2.05) is 18.2 Å². The van der Waals surface area contributed by atoms with E-state index in [9.17, 15) is 9.59 Å². The zero-order valence-corrected chi connectivity index (χ0v) is 13.2. The molecule has 6 nitrogen and oxygen atoms in total. The highest BCUT2D eigenvalue weighted by Gasteiger charge is 2.14. The van der Waals surface area contributed by atoms with Crippen LogP contribution >= 0.6 is 0 Å². The number of carboxylic acids is 1. The number of benzene rings is 2. The molecule has 0 radical (unpaired) electrons. The van der Waals surface area contributed by atoms with E-state index in [0.717, 1.165) is 11.3 Å². The van der Waals surface area contributed by atoms with E-state index in [4.69, 9.17) is 14.6 Å². The maximum Gasteiger partial charge on any atom is 0.335 e. The number of carbonyl (C=O) groups excluding carboxylic acids is 1. The lowest BCUT2D eigenvalue weighted by Crippen LogP contribution is -2.13. The smallest absolute Gasteiger partial charge is 0.335 e. The molecule has 6 heteroatoms. The predicted octanol–water partition coefficient (Wildman–Crippen LogP) is 2.99. The molecule has 0 bridgehead atoms. The largest absolute Gasteiger partial charge is 0.478 e. The van der Waals surface area contributed by atoms with Crippen LogP contribution in [0.4, 0.5) is 5.69 Å². The highest BCUT2D eigenvalue weighted by Crippen LogP contribution is 2.32. The van der Waals surface area contributed by atoms with E-state index in [0.29, 0.717) is 29.8 Å². The molecule has 0 spiro atoms. The van der Waals surface area contributed by atoms with Gasteiger partial charge in [0.05, 0.1) is 5.56 Å². The lowest BCUT2D eigenvalue weighted by molar-refractivity contribution is -0.116. The van der Waals surface area contributed by atoms with Crippen molar-refractivity contribution in [1.82, 2.24) is 0 Å². The van der Waals surface area contributed by atoms with Crippen molar-refractivity contribution in [2.45, 2.75) is 19.8 Å². The molecule has 2 aromatic carbocycles. The summed E-state index contributed by atoms with van der Waals surface area (Å²) in [5.74, 6) is 0.313. The molecule has 0 fully saturated rings. The second-order valence-corrected chi connectivity index (χ2v) is 5.57. The molecular formula is C18H17NO5. The number of carboxylic acid groups (broad SMARTS) is 1. The van der Waals surface area contributed by atoms with Crippen molar-refractivity contribution in [3.8, 4) is 11.5 Å². The molecule has 0 atom stereocenters. The van der Waals surface area contributed by atoms with E-state index in [1.165, 1.54) is 6.07 Å². The van der Waals surface area contributed by atoms with Crippen molar-refractivity contribution in [2.75, 3.05) is 12.1 Å². The third-order valence-electron chi connectivity index (χ3n) is 3.82. The summed E-state index contributed by atoms with van der Waals surface area (Å²) < 4.78 is 10.6. The SMILES string of the molecule is Cc1cc(NC(=O)CCc2ccc3c(c2)OCO3)ccc1C(=O)O. The molecular weight excluding hydrogens is 310 g/mol. The average Bonchev–Trinajstić information content (AvgIpc) is 3.00. The number of aromatic carboxylic acids is 1. The number of fused-ring (bicyclic) bond motifs is 1. The van der Waals surface area contributed by atoms with Gasteiger partial charge in [0.25, 0.3) is 0 Å². The zero-order valence-electron chi connectivity index (χ0n) is 13.2. The van der Waals surface area contributed by atoms with Crippen LogP contribution < -0.4 is 14.8 Å². The van der Waals surface area contributed by atoms with E-state index in [-0.39, 0.29) is 18.3 Å². The fourth-order valence-electron chi connectivity index (χ4n) is 2.56. The third-order valence-corrected chi connectivity index (χ3v) is 3.82. The van der Waals surface area contributed by atoms with Gasteiger partial charge in [0.2, 0.25) is 12.7 Å². The Morgan fingerprint density at radius 3 is 2.67 bits per heavy atom. The zero-order chi connectivity index (χ0) is 17.1. The van der Waals surface area contributed by atoms with Crippen molar-refractivity contribution in [3.63, 3.8) is 0 Å². The lowest BCUT2D eigenvalue weighted by atomic mass is 10.1. The average molecular weight is 327 g/mol. The van der Waals surface area contributed by atoms with Crippen LogP contribution in [0, 0.1) is 6.92 Å². The van der Waals surface area contributed by atoms with Crippen molar-refractivity contribution in [1.29, 1.82) is 0 Å². The van der Waals surface area contributed by atoms with E-state index in [1.54, 1.807) is 19.1 Å². The predicted molar refractivity (Wildman–Crippen MR) is 87.7 cm³/mol. The number of ether oxygens (including phenoxy) is 2. The molecule has 2 N–H and O–H groups in total. The van der Waals surface area contributed by atoms with Gasteiger partial charge in [0, 0.05) is 12.1 Å². The second-order valence-electron chi connectivity index (χ2n) is 5.57. The minimum Gasteiger partial charge on any atom is -0.478 e. The molecule has 24 heavy (non-hydrogen) atoms. The van der Waals surface area contributed by atoms with Crippen LogP contribution in [0.2, 0.25) is 0 Å². The minimum atomic E-state index is -0.979. The van der Waals surface area contributed by atoms with Gasteiger partial charge in [-0.2, -0.15) is 0 Å². The Labute approximate surface area is 139 Å². The van der Waals surface area contributed by atoms with Gasteiger partial charge in [-0.3, -0.25) is 4.79 Å². The summed E-state index contributed by atoms with van der Waals surface area (Å²) in [6, 6.07) is 10.4. The Bertz CT molecular complexity index is 800. The van der Waals surface area contributed by atoms with Gasteiger partial charge in [-0.1, -0.05) is 6.07 Å². The first-order chi connectivity index (χ1) is 11.5. The van der Waals surface area contributed by atoms with Crippen molar-refractivity contribution in [2.24, 2.45) is 0 Å². The third kappa shape index (κ3) is 3.48. The summed E-state index contributed by atoms with van der Waals surface area (Å²) >= 11 is 0. The molecule has 1 aliphatic rings. The Morgan fingerprint density at radius 2 is 1.92 bits per heavy atom. The number of hydrogen-bond acceptors (Lipinski definition) is 4. The summed E-state index contributed by atoms with van der Waals surface area (Å²) in [6.07, 6.45) is 0.897. The minimum absolute atomic E-state index is 0.129. The van der Waals surface area contributed by atoms with Gasteiger partial charge in [-0.25, -0.2) is 4.79 Å². The van der Waals surface area contributed by atoms with E-state index >= 15 is 0 Å². The highest BCUT2D eigenvalue weighted by atomic mass is 16.7. The lowest BCUT2D eigenvalue weighted by Gasteiger charge is -2.08. The summed E-state index contributed by atoms with van der Waals surface area (Å²) in [5.41, 5.74) is 2.42. The molecule has 2 aromatic rings. The number of nitrogens with one attached hydrogen (secondary N) is 1. The molecule has 0 saturated carbocycles. The number of hydrogen-bond donors (Lipinski definition) is 2. The molecule has 1 amide bonds. The van der Waals surface area contributed by atoms with Gasteiger partial charge in [-0.05, 0) is 54.8 Å². The van der Waals surface area contributed by atoms with Crippen LogP contribution in [0.5, 0.6) is 11.5 Å². The maximum atomic E-state index is 12.1. The van der Waals surface area contributed by atoms with Crippen LogP contribution in [0.25, 0.3) is 0 Å². The van der Waals surface area contributed by atoms with Crippen molar-refractivity contribution < 1.29 is 24.2 Å². The molecule has 3 rings (SSSR count). The number of anilines is 1. The molecule has 0 aromatic heterocycles. The van der Waals surface area contributed by atoms with Gasteiger partial charge < -0.3 is 19.9 Å². The topological polar surface area (TPSA) is 84.9 Å². The van der Waals surface area contributed by atoms with Crippen LogP contribution in [-0.4, -0.2) is 23.8 Å². The standard InChI is InChI=1S/C18H17NO5/c1-11-8-13(4-5-14(11)18(21)22)19-17(20)7-3-12-2-6-15-16(9-12)24-10-23-15/h2,4-6,8-9H,3,7,10H2,1H3,(H,19,20)(H,21,22). The molecule has 124 valence electrons. The van der Waals surface area contributed by atoms with E-state index < -0.39 is 5.97 Å². The van der Waals surface area contributed by atoms with Crippen molar-refractivity contribution in [3.05, 3.63) is 53.1 Å². The first-order valence-corrected chi connectivity index (χ1v) is 7.55. The van der Waals surface area contributed by atoms with Gasteiger partial charge >= 0.3 is 5.97 Å².